The number of anilines is 1. The van der Waals surface area contributed by atoms with Gasteiger partial charge < -0.3 is 19.2 Å². The third-order valence-electron chi connectivity index (χ3n) is 4.42. The number of aryl methyl sites for hydroxylation is 1. The van der Waals surface area contributed by atoms with Crippen molar-refractivity contribution in [1.82, 2.24) is 0 Å². The van der Waals surface area contributed by atoms with Gasteiger partial charge in [0.25, 0.3) is 5.91 Å². The summed E-state index contributed by atoms with van der Waals surface area (Å²) in [6.45, 7) is 3.68. The molecule has 0 aliphatic heterocycles. The number of nitrogens with one attached hydrogen (secondary N) is 1. The van der Waals surface area contributed by atoms with E-state index in [0.29, 0.717) is 27.8 Å². The molecule has 3 aromatic rings. The van der Waals surface area contributed by atoms with Gasteiger partial charge in [-0.25, -0.2) is 4.79 Å². The van der Waals surface area contributed by atoms with Crippen LogP contribution in [0.1, 0.15) is 25.8 Å². The number of benzene rings is 2. The van der Waals surface area contributed by atoms with Gasteiger partial charge in [-0.1, -0.05) is 24.9 Å². The van der Waals surface area contributed by atoms with E-state index in [1.165, 1.54) is 13.2 Å². The third-order valence-corrected chi connectivity index (χ3v) is 4.72. The van der Waals surface area contributed by atoms with Gasteiger partial charge in [0.05, 0.1) is 12.1 Å². The Morgan fingerprint density at radius 2 is 2.00 bits per heavy atom. The molecule has 0 radical (unpaired) electrons. The molecule has 0 aliphatic rings. The van der Waals surface area contributed by atoms with Crippen LogP contribution < -0.4 is 20.4 Å². The summed E-state index contributed by atoms with van der Waals surface area (Å²) in [5, 5.41) is 4.01. The highest BCUT2D eigenvalue weighted by Gasteiger charge is 2.16. The van der Waals surface area contributed by atoms with E-state index in [-0.39, 0.29) is 5.91 Å². The lowest BCUT2D eigenvalue weighted by Gasteiger charge is -2.16. The fraction of sp³-hybridized carbons (Fsp3) is 0.273. The van der Waals surface area contributed by atoms with E-state index in [1.54, 1.807) is 37.3 Å². The minimum absolute atomic E-state index is 0.340. The van der Waals surface area contributed by atoms with Crippen molar-refractivity contribution in [2.24, 2.45) is 0 Å². The largest absolute Gasteiger partial charge is 0.495 e. The Balaban J connectivity index is 1.75. The van der Waals surface area contributed by atoms with Gasteiger partial charge in [0.2, 0.25) is 0 Å². The Hall–Kier alpha value is -2.99. The normalized spacial score (nSPS) is 11.9. The van der Waals surface area contributed by atoms with Gasteiger partial charge in [0, 0.05) is 23.2 Å². The van der Waals surface area contributed by atoms with Crippen LogP contribution in [0.3, 0.4) is 0 Å². The highest BCUT2D eigenvalue weighted by molar-refractivity contribution is 6.32. The smallest absolute Gasteiger partial charge is 0.336 e. The summed E-state index contributed by atoms with van der Waals surface area (Å²) in [6, 6.07) is 11.7. The highest BCUT2D eigenvalue weighted by Crippen LogP contribution is 2.28. The van der Waals surface area contributed by atoms with E-state index >= 15 is 0 Å². The quantitative estimate of drug-likeness (QED) is 0.560. The van der Waals surface area contributed by atoms with E-state index in [0.717, 1.165) is 23.8 Å². The second-order valence-electron chi connectivity index (χ2n) is 6.60. The molecule has 1 aromatic heterocycles. The Kier molecular flexibility index (Phi) is 6.44. The Bertz CT molecular complexity index is 1090. The highest BCUT2D eigenvalue weighted by atomic mass is 35.5. The lowest BCUT2D eigenvalue weighted by atomic mass is 10.1. The van der Waals surface area contributed by atoms with E-state index < -0.39 is 11.7 Å². The van der Waals surface area contributed by atoms with Gasteiger partial charge >= 0.3 is 5.63 Å². The number of rotatable bonds is 7. The van der Waals surface area contributed by atoms with Crippen LogP contribution in [0, 0.1) is 0 Å². The number of hydrogen-bond donors (Lipinski definition) is 1. The van der Waals surface area contributed by atoms with Crippen LogP contribution in [-0.2, 0) is 11.2 Å². The van der Waals surface area contributed by atoms with Crippen molar-refractivity contribution in [2.45, 2.75) is 32.8 Å². The van der Waals surface area contributed by atoms with Crippen LogP contribution in [0.15, 0.2) is 51.7 Å². The zero-order valence-electron chi connectivity index (χ0n) is 16.5. The van der Waals surface area contributed by atoms with Gasteiger partial charge in [-0.2, -0.15) is 0 Å². The van der Waals surface area contributed by atoms with E-state index in [9.17, 15) is 9.59 Å². The number of hydrogen-bond acceptors (Lipinski definition) is 5. The van der Waals surface area contributed by atoms with Crippen LogP contribution in [0.2, 0.25) is 5.02 Å². The molecule has 0 fully saturated rings. The molecule has 1 heterocycles. The topological polar surface area (TPSA) is 77.8 Å². The zero-order chi connectivity index (χ0) is 21.0. The molecule has 0 aliphatic carbocycles. The SMILES string of the molecule is CCCc1cc(=O)oc2cc(OC(C)C(=O)Nc3ccc(OC)c(Cl)c3)ccc12. The van der Waals surface area contributed by atoms with Gasteiger partial charge in [0.1, 0.15) is 17.1 Å². The number of carbonyl (C=O) groups is 1. The van der Waals surface area contributed by atoms with Crippen molar-refractivity contribution in [3.8, 4) is 11.5 Å². The molecular weight excluding hydrogens is 394 g/mol. The first-order valence-corrected chi connectivity index (χ1v) is 9.67. The molecule has 0 saturated heterocycles. The molecule has 0 saturated carbocycles. The van der Waals surface area contributed by atoms with Crippen LogP contribution in [0.25, 0.3) is 11.0 Å². The minimum Gasteiger partial charge on any atom is -0.495 e. The first kappa shape index (κ1) is 20.7. The summed E-state index contributed by atoms with van der Waals surface area (Å²) in [5.41, 5.74) is 1.51. The van der Waals surface area contributed by atoms with Crippen molar-refractivity contribution in [2.75, 3.05) is 12.4 Å². The first-order valence-electron chi connectivity index (χ1n) is 9.29. The van der Waals surface area contributed by atoms with Crippen LogP contribution in [0.5, 0.6) is 11.5 Å². The van der Waals surface area contributed by atoms with Crippen LogP contribution in [0.4, 0.5) is 5.69 Å². The average Bonchev–Trinajstić information content (AvgIpc) is 2.68. The third kappa shape index (κ3) is 4.90. The first-order chi connectivity index (χ1) is 13.9. The molecule has 1 unspecified atom stereocenters. The molecule has 1 atom stereocenters. The monoisotopic (exact) mass is 415 g/mol. The number of carbonyl (C=O) groups excluding carboxylic acids is 1. The number of amides is 1. The van der Waals surface area contributed by atoms with Crippen LogP contribution in [-0.4, -0.2) is 19.1 Å². The molecule has 29 heavy (non-hydrogen) atoms. The average molecular weight is 416 g/mol. The lowest BCUT2D eigenvalue weighted by Crippen LogP contribution is -2.30. The maximum atomic E-state index is 12.5. The molecule has 152 valence electrons. The van der Waals surface area contributed by atoms with Crippen molar-refractivity contribution < 1.29 is 18.7 Å². The van der Waals surface area contributed by atoms with Crippen LogP contribution >= 0.6 is 11.6 Å². The van der Waals surface area contributed by atoms with E-state index in [1.807, 2.05) is 13.0 Å². The fourth-order valence-electron chi connectivity index (χ4n) is 3.01. The summed E-state index contributed by atoms with van der Waals surface area (Å²) in [6.07, 6.45) is 0.924. The molecule has 6 nitrogen and oxygen atoms in total. The van der Waals surface area contributed by atoms with Crippen molar-refractivity contribution in [1.29, 1.82) is 0 Å². The van der Waals surface area contributed by atoms with E-state index in [4.69, 9.17) is 25.5 Å². The second kappa shape index (κ2) is 9.01. The number of ether oxygens (including phenoxy) is 2. The van der Waals surface area contributed by atoms with Crippen molar-refractivity contribution in [3.05, 3.63) is 63.5 Å². The summed E-state index contributed by atoms with van der Waals surface area (Å²) in [7, 11) is 1.52. The van der Waals surface area contributed by atoms with Gasteiger partial charge in [-0.05, 0) is 49.2 Å². The molecule has 0 spiro atoms. The molecule has 1 amide bonds. The molecule has 7 heteroatoms. The Morgan fingerprint density at radius 1 is 1.21 bits per heavy atom. The lowest BCUT2D eigenvalue weighted by molar-refractivity contribution is -0.122. The molecule has 2 aromatic carbocycles. The fourth-order valence-corrected chi connectivity index (χ4v) is 3.26. The Morgan fingerprint density at radius 3 is 2.69 bits per heavy atom. The summed E-state index contributed by atoms with van der Waals surface area (Å²) in [4.78, 5) is 24.3. The zero-order valence-corrected chi connectivity index (χ0v) is 17.2. The summed E-state index contributed by atoms with van der Waals surface area (Å²) >= 11 is 6.08. The van der Waals surface area contributed by atoms with Gasteiger partial charge in [-0.15, -0.1) is 0 Å². The predicted octanol–water partition coefficient (Wildman–Crippen LogP) is 4.81. The number of halogens is 1. The molecule has 1 N–H and O–H groups in total. The number of fused-ring (bicyclic) bond motifs is 1. The maximum absolute atomic E-state index is 12.5. The van der Waals surface area contributed by atoms with Crippen molar-refractivity contribution in [3.63, 3.8) is 0 Å². The van der Waals surface area contributed by atoms with Gasteiger partial charge in [-0.3, -0.25) is 4.79 Å². The van der Waals surface area contributed by atoms with E-state index in [2.05, 4.69) is 5.32 Å². The Labute approximate surface area is 173 Å². The summed E-state index contributed by atoms with van der Waals surface area (Å²) < 4.78 is 16.1. The molecule has 3 rings (SSSR count). The number of methoxy groups -OCH3 is 1. The standard InChI is InChI=1S/C22H22ClNO5/c1-4-5-14-10-21(25)29-20-12-16(7-8-17(14)20)28-13(2)22(26)24-15-6-9-19(27-3)18(23)11-15/h6-13H,4-5H2,1-3H3,(H,24,26). The molecular formula is C22H22ClNO5. The summed E-state index contributed by atoms with van der Waals surface area (Å²) in [5.74, 6) is 0.617. The maximum Gasteiger partial charge on any atom is 0.336 e. The second-order valence-corrected chi connectivity index (χ2v) is 7.00. The minimum atomic E-state index is -0.779. The predicted molar refractivity (Wildman–Crippen MR) is 113 cm³/mol. The van der Waals surface area contributed by atoms with Gasteiger partial charge in [0.15, 0.2) is 6.10 Å². The molecule has 0 bridgehead atoms. The van der Waals surface area contributed by atoms with Crippen molar-refractivity contribution >= 4 is 34.2 Å².